The van der Waals surface area contributed by atoms with Gasteiger partial charge in [-0.2, -0.15) is 8.42 Å². The molecule has 0 aliphatic heterocycles. The highest BCUT2D eigenvalue weighted by atomic mass is 32.2. The van der Waals surface area contributed by atoms with E-state index in [4.69, 9.17) is 4.18 Å². The number of benzene rings is 2. The van der Waals surface area contributed by atoms with E-state index in [1.54, 1.807) is 0 Å². The summed E-state index contributed by atoms with van der Waals surface area (Å²) >= 11 is 0. The summed E-state index contributed by atoms with van der Waals surface area (Å²) in [7, 11) is -4.11. The number of allylic oxidation sites excluding steroid dienone is 1. The van der Waals surface area contributed by atoms with Crippen molar-refractivity contribution in [2.24, 2.45) is 5.92 Å². The number of nitro benzene ring substituents is 1. The second kappa shape index (κ2) is 6.20. The van der Waals surface area contributed by atoms with Gasteiger partial charge in [-0.15, -0.1) is 0 Å². The zero-order chi connectivity index (χ0) is 19.3. The summed E-state index contributed by atoms with van der Waals surface area (Å²) in [5.74, 6) is 0.957. The zero-order valence-corrected chi connectivity index (χ0v) is 15.7. The van der Waals surface area contributed by atoms with Crippen molar-refractivity contribution in [2.45, 2.75) is 37.0 Å². The summed E-state index contributed by atoms with van der Waals surface area (Å²) in [6.07, 6.45) is 3.00. The van der Waals surface area contributed by atoms with Crippen molar-refractivity contribution in [3.8, 4) is 5.75 Å². The van der Waals surface area contributed by atoms with Gasteiger partial charge >= 0.3 is 10.1 Å². The van der Waals surface area contributed by atoms with Crippen molar-refractivity contribution in [1.29, 1.82) is 0 Å². The highest BCUT2D eigenvalue weighted by Crippen LogP contribution is 2.50. The number of fused-ring (bicyclic) bond motifs is 1. The van der Waals surface area contributed by atoms with Crippen LogP contribution in [-0.4, -0.2) is 13.3 Å². The van der Waals surface area contributed by atoms with Gasteiger partial charge in [-0.3, -0.25) is 10.1 Å². The molecule has 2 aromatic carbocycles. The summed E-state index contributed by atoms with van der Waals surface area (Å²) in [5, 5.41) is 10.8. The van der Waals surface area contributed by atoms with Crippen LogP contribution in [0.2, 0.25) is 0 Å². The molecule has 2 aliphatic carbocycles. The number of hydrogen-bond donors (Lipinski definition) is 0. The van der Waals surface area contributed by atoms with Crippen LogP contribution in [0.3, 0.4) is 0 Å². The van der Waals surface area contributed by atoms with E-state index >= 15 is 0 Å². The molecular formula is C20H19NO5S. The highest BCUT2D eigenvalue weighted by Gasteiger charge is 2.34. The molecule has 6 nitrogen and oxygen atoms in total. The van der Waals surface area contributed by atoms with E-state index in [0.29, 0.717) is 11.7 Å². The van der Waals surface area contributed by atoms with Crippen molar-refractivity contribution in [1.82, 2.24) is 0 Å². The fourth-order valence-corrected chi connectivity index (χ4v) is 4.51. The normalized spacial score (nSPS) is 18.3. The van der Waals surface area contributed by atoms with E-state index in [9.17, 15) is 18.5 Å². The maximum absolute atomic E-state index is 12.8. The van der Waals surface area contributed by atoms with Gasteiger partial charge in [0.05, 0.1) is 4.92 Å². The van der Waals surface area contributed by atoms with Gasteiger partial charge in [-0.05, 0) is 54.4 Å². The minimum atomic E-state index is -4.11. The molecule has 0 aromatic heterocycles. The molecule has 2 aliphatic rings. The largest absolute Gasteiger partial charge is 0.378 e. The topological polar surface area (TPSA) is 86.5 Å². The molecule has 0 radical (unpaired) electrons. The van der Waals surface area contributed by atoms with Gasteiger partial charge in [0.25, 0.3) is 5.69 Å². The Morgan fingerprint density at radius 3 is 2.41 bits per heavy atom. The Balaban J connectivity index is 1.73. The number of nitro groups is 1. The Morgan fingerprint density at radius 2 is 1.85 bits per heavy atom. The maximum atomic E-state index is 12.8. The average molecular weight is 385 g/mol. The minimum Gasteiger partial charge on any atom is -0.378 e. The van der Waals surface area contributed by atoms with Gasteiger partial charge < -0.3 is 4.18 Å². The van der Waals surface area contributed by atoms with Gasteiger partial charge in [-0.1, -0.05) is 25.6 Å². The number of rotatable bonds is 6. The Labute approximate surface area is 157 Å². The first-order valence-electron chi connectivity index (χ1n) is 8.82. The van der Waals surface area contributed by atoms with Crippen LogP contribution >= 0.6 is 0 Å². The van der Waals surface area contributed by atoms with Crippen LogP contribution in [0.5, 0.6) is 5.75 Å². The van der Waals surface area contributed by atoms with Crippen molar-refractivity contribution < 1.29 is 17.5 Å². The fourth-order valence-electron chi connectivity index (χ4n) is 3.55. The predicted octanol–water partition coefficient (Wildman–Crippen LogP) is 4.45. The second-order valence-corrected chi connectivity index (χ2v) is 8.75. The molecule has 2 aromatic rings. The van der Waals surface area contributed by atoms with Crippen LogP contribution in [0.1, 0.15) is 42.4 Å². The van der Waals surface area contributed by atoms with Crippen molar-refractivity contribution in [3.05, 3.63) is 69.8 Å². The lowest BCUT2D eigenvalue weighted by molar-refractivity contribution is -0.384. The smallest absolute Gasteiger partial charge is 0.339 e. The molecule has 0 amide bonds. The van der Waals surface area contributed by atoms with Crippen LogP contribution in [0.4, 0.5) is 5.69 Å². The van der Waals surface area contributed by atoms with Crippen molar-refractivity contribution in [3.63, 3.8) is 0 Å². The van der Waals surface area contributed by atoms with E-state index in [-0.39, 0.29) is 16.5 Å². The Kier molecular flexibility index (Phi) is 4.07. The molecule has 1 saturated carbocycles. The molecule has 0 saturated heterocycles. The Bertz CT molecular complexity index is 1050. The lowest BCUT2D eigenvalue weighted by atomic mass is 9.76. The Hall–Kier alpha value is -2.67. The van der Waals surface area contributed by atoms with E-state index in [0.717, 1.165) is 53.7 Å². The molecule has 1 atom stereocenters. The molecule has 27 heavy (non-hydrogen) atoms. The molecule has 7 heteroatoms. The SMILES string of the molecule is C=C(c1ccc2c(c1OS(=O)(=O)c1ccc([N+](=O)[O-])cc1)[C@H](C)C2)C1CC1. The van der Waals surface area contributed by atoms with E-state index < -0.39 is 15.0 Å². The molecule has 4 rings (SSSR count). The first kappa shape index (κ1) is 17.7. The van der Waals surface area contributed by atoms with Gasteiger partial charge in [0.1, 0.15) is 4.90 Å². The second-order valence-electron chi connectivity index (χ2n) is 7.21. The molecule has 0 spiro atoms. The van der Waals surface area contributed by atoms with Crippen molar-refractivity contribution in [2.75, 3.05) is 0 Å². The predicted molar refractivity (Wildman–Crippen MR) is 101 cm³/mol. The third kappa shape index (κ3) is 3.12. The van der Waals surface area contributed by atoms with Gasteiger partial charge in [0.15, 0.2) is 5.75 Å². The number of hydrogen-bond acceptors (Lipinski definition) is 5. The molecule has 0 bridgehead atoms. The third-order valence-corrected chi connectivity index (χ3v) is 6.49. The average Bonchev–Trinajstić information content (AvgIpc) is 3.45. The molecule has 0 N–H and O–H groups in total. The van der Waals surface area contributed by atoms with Crippen LogP contribution in [0.25, 0.3) is 5.57 Å². The monoisotopic (exact) mass is 385 g/mol. The van der Waals surface area contributed by atoms with Crippen LogP contribution < -0.4 is 4.18 Å². The van der Waals surface area contributed by atoms with E-state index in [1.807, 2.05) is 19.1 Å². The lowest BCUT2D eigenvalue weighted by Crippen LogP contribution is -2.20. The number of nitrogens with zero attached hydrogens (tertiary/aromatic N) is 1. The Morgan fingerprint density at radius 1 is 1.19 bits per heavy atom. The zero-order valence-electron chi connectivity index (χ0n) is 14.8. The summed E-state index contributed by atoms with van der Waals surface area (Å²) in [6.45, 7) is 6.19. The van der Waals surface area contributed by atoms with Crippen LogP contribution in [0, 0.1) is 16.0 Å². The summed E-state index contributed by atoms with van der Waals surface area (Å²) in [4.78, 5) is 10.1. The van der Waals surface area contributed by atoms with Crippen molar-refractivity contribution >= 4 is 21.4 Å². The summed E-state index contributed by atoms with van der Waals surface area (Å²) < 4.78 is 31.2. The van der Waals surface area contributed by atoms with E-state index in [2.05, 4.69) is 6.58 Å². The lowest BCUT2D eigenvalue weighted by Gasteiger charge is -2.31. The minimum absolute atomic E-state index is 0.110. The molecular weight excluding hydrogens is 366 g/mol. The van der Waals surface area contributed by atoms with Gasteiger partial charge in [-0.25, -0.2) is 0 Å². The summed E-state index contributed by atoms with van der Waals surface area (Å²) in [6, 6.07) is 8.62. The quantitative estimate of drug-likeness (QED) is 0.417. The first-order chi connectivity index (χ1) is 12.8. The highest BCUT2D eigenvalue weighted by molar-refractivity contribution is 7.87. The molecule has 0 heterocycles. The first-order valence-corrected chi connectivity index (χ1v) is 10.2. The van der Waals surface area contributed by atoms with Crippen LogP contribution in [-0.2, 0) is 16.5 Å². The van der Waals surface area contributed by atoms with Gasteiger partial charge in [0, 0.05) is 23.3 Å². The third-order valence-electron chi connectivity index (χ3n) is 5.25. The van der Waals surface area contributed by atoms with E-state index in [1.165, 1.54) is 12.1 Å². The molecule has 0 unspecified atom stereocenters. The van der Waals surface area contributed by atoms with Crippen LogP contribution in [0.15, 0.2) is 47.9 Å². The van der Waals surface area contributed by atoms with Gasteiger partial charge in [0.2, 0.25) is 0 Å². The number of non-ortho nitro benzene ring substituents is 1. The molecule has 140 valence electrons. The standard InChI is InChI=1S/C20H19NO5S/c1-12-11-15-5-10-18(13(2)14-3-4-14)20(19(12)15)26-27(24,25)17-8-6-16(7-9-17)21(22)23/h5-10,12,14H,2-4,11H2,1H3/t12-/m1/s1. The fraction of sp³-hybridized carbons (Fsp3) is 0.300. The molecule has 1 fully saturated rings. The maximum Gasteiger partial charge on any atom is 0.339 e. The summed E-state index contributed by atoms with van der Waals surface area (Å²) in [5.41, 5.74) is 3.48.